The van der Waals surface area contributed by atoms with Gasteiger partial charge in [-0.05, 0) is 48.5 Å². The van der Waals surface area contributed by atoms with Gasteiger partial charge < -0.3 is 9.47 Å². The molecule has 4 rings (SSSR count). The third-order valence-corrected chi connectivity index (χ3v) is 5.51. The number of rotatable bonds is 3. The molecule has 0 fully saturated rings. The molecule has 2 aromatic heterocycles. The van der Waals surface area contributed by atoms with Crippen molar-refractivity contribution in [1.82, 2.24) is 14.8 Å². The van der Waals surface area contributed by atoms with Gasteiger partial charge in [0.1, 0.15) is 5.01 Å². The summed E-state index contributed by atoms with van der Waals surface area (Å²) in [4.78, 5) is 2.08. The smallest absolute Gasteiger partial charge is 0.164 e. The second-order valence-electron chi connectivity index (χ2n) is 6.15. The van der Waals surface area contributed by atoms with Crippen LogP contribution in [0.5, 0.6) is 0 Å². The average molecular weight is 369 g/mol. The quantitative estimate of drug-likeness (QED) is 0.505. The summed E-state index contributed by atoms with van der Waals surface area (Å²) in [5.74, 6) is 0. The van der Waals surface area contributed by atoms with Gasteiger partial charge in [-0.15, -0.1) is 10.2 Å². The van der Waals surface area contributed by atoms with Crippen molar-refractivity contribution in [2.24, 2.45) is 7.05 Å². The maximum Gasteiger partial charge on any atom is 0.164 e. The van der Waals surface area contributed by atoms with Crippen LogP contribution in [0.15, 0.2) is 48.5 Å². The van der Waals surface area contributed by atoms with Crippen LogP contribution in [0.25, 0.3) is 32.2 Å². The monoisotopic (exact) mass is 368 g/mol. The lowest BCUT2D eigenvalue weighted by atomic mass is 10.2. The molecule has 0 bridgehead atoms. The predicted octanol–water partition coefficient (Wildman–Crippen LogP) is 5.08. The average Bonchev–Trinajstić information content (AvgIpc) is 3.20. The Labute approximate surface area is 155 Å². The third kappa shape index (κ3) is 2.90. The van der Waals surface area contributed by atoms with Crippen molar-refractivity contribution < 1.29 is 0 Å². The van der Waals surface area contributed by atoms with Crippen LogP contribution in [0.2, 0.25) is 5.02 Å². The zero-order valence-electron chi connectivity index (χ0n) is 14.2. The number of benzene rings is 2. The van der Waals surface area contributed by atoms with E-state index in [0.29, 0.717) is 0 Å². The van der Waals surface area contributed by atoms with Crippen LogP contribution in [0.3, 0.4) is 0 Å². The van der Waals surface area contributed by atoms with Gasteiger partial charge in [0.25, 0.3) is 0 Å². The van der Waals surface area contributed by atoms with Crippen molar-refractivity contribution in [2.45, 2.75) is 0 Å². The Bertz CT molecular complexity index is 1050. The standard InChI is InChI=1S/C19H17ClN4S/c1-23(2)15-7-4-12(5-8-15)18-21-22-19(25-18)17-11-13-10-14(20)6-9-16(13)24(17)3/h4-11H,1-3H3. The van der Waals surface area contributed by atoms with Crippen LogP contribution in [-0.2, 0) is 7.05 Å². The second-order valence-corrected chi connectivity index (χ2v) is 7.56. The summed E-state index contributed by atoms with van der Waals surface area (Å²) in [7, 11) is 6.10. The van der Waals surface area contributed by atoms with E-state index < -0.39 is 0 Å². The molecule has 0 N–H and O–H groups in total. The summed E-state index contributed by atoms with van der Waals surface area (Å²) < 4.78 is 2.13. The van der Waals surface area contributed by atoms with E-state index in [9.17, 15) is 0 Å². The van der Waals surface area contributed by atoms with Gasteiger partial charge in [0, 0.05) is 48.3 Å². The minimum absolute atomic E-state index is 0.739. The molecule has 0 unspecified atom stereocenters. The van der Waals surface area contributed by atoms with Crippen LogP contribution >= 0.6 is 22.9 Å². The van der Waals surface area contributed by atoms with Crippen molar-refractivity contribution in [3.63, 3.8) is 0 Å². The summed E-state index contributed by atoms with van der Waals surface area (Å²) in [6.07, 6.45) is 0. The fourth-order valence-electron chi connectivity index (χ4n) is 2.87. The van der Waals surface area contributed by atoms with Gasteiger partial charge in [0.2, 0.25) is 0 Å². The van der Waals surface area contributed by atoms with E-state index in [0.717, 1.165) is 37.2 Å². The molecule has 6 heteroatoms. The van der Waals surface area contributed by atoms with Gasteiger partial charge in [-0.25, -0.2) is 0 Å². The SMILES string of the molecule is CN(C)c1ccc(-c2nnc(-c3cc4cc(Cl)ccc4n3C)s2)cc1. The molecule has 0 saturated carbocycles. The summed E-state index contributed by atoms with van der Waals surface area (Å²) in [5, 5.41) is 12.5. The zero-order valence-corrected chi connectivity index (χ0v) is 15.8. The van der Waals surface area contributed by atoms with E-state index in [1.54, 1.807) is 11.3 Å². The van der Waals surface area contributed by atoms with Gasteiger partial charge in [-0.1, -0.05) is 22.9 Å². The molecule has 0 aliphatic rings. The summed E-state index contributed by atoms with van der Waals surface area (Å²) >= 11 is 7.70. The number of halogens is 1. The van der Waals surface area contributed by atoms with E-state index in [1.807, 2.05) is 39.3 Å². The number of hydrogen-bond donors (Lipinski definition) is 0. The molecule has 0 aliphatic heterocycles. The molecule has 4 aromatic rings. The van der Waals surface area contributed by atoms with Crippen molar-refractivity contribution >= 4 is 39.5 Å². The van der Waals surface area contributed by atoms with Crippen LogP contribution in [0.4, 0.5) is 5.69 Å². The van der Waals surface area contributed by atoms with Crippen molar-refractivity contribution in [2.75, 3.05) is 19.0 Å². The van der Waals surface area contributed by atoms with Crippen LogP contribution in [0, 0.1) is 0 Å². The lowest BCUT2D eigenvalue weighted by Crippen LogP contribution is -2.07. The normalized spacial score (nSPS) is 11.2. The zero-order chi connectivity index (χ0) is 17.6. The minimum atomic E-state index is 0.739. The van der Waals surface area contributed by atoms with Gasteiger partial charge in [0.05, 0.1) is 5.69 Å². The largest absolute Gasteiger partial charge is 0.378 e. The summed E-state index contributed by atoms with van der Waals surface area (Å²) in [6.45, 7) is 0. The lowest BCUT2D eigenvalue weighted by molar-refractivity contribution is 0.966. The fourth-order valence-corrected chi connectivity index (χ4v) is 3.95. The molecule has 0 atom stereocenters. The number of fused-ring (bicyclic) bond motifs is 1. The van der Waals surface area contributed by atoms with Crippen LogP contribution in [0.1, 0.15) is 0 Å². The Hall–Kier alpha value is -2.37. The Morgan fingerprint density at radius 2 is 1.68 bits per heavy atom. The first-order valence-electron chi connectivity index (χ1n) is 7.89. The highest BCUT2D eigenvalue weighted by atomic mass is 35.5. The van der Waals surface area contributed by atoms with E-state index in [-0.39, 0.29) is 0 Å². The molecule has 0 radical (unpaired) electrons. The summed E-state index contributed by atoms with van der Waals surface area (Å²) in [6, 6.07) is 16.4. The molecular weight excluding hydrogens is 352 g/mol. The van der Waals surface area contributed by atoms with E-state index in [2.05, 4.69) is 50.0 Å². The fraction of sp³-hybridized carbons (Fsp3) is 0.158. The molecule has 4 nitrogen and oxygen atoms in total. The van der Waals surface area contributed by atoms with Crippen molar-refractivity contribution in [3.8, 4) is 21.3 Å². The molecular formula is C19H17ClN4S. The minimum Gasteiger partial charge on any atom is -0.378 e. The molecule has 2 heterocycles. The van der Waals surface area contributed by atoms with Gasteiger partial charge in [-0.3, -0.25) is 0 Å². The second kappa shape index (κ2) is 6.17. The van der Waals surface area contributed by atoms with Crippen LogP contribution in [-0.4, -0.2) is 28.9 Å². The first-order chi connectivity index (χ1) is 12.0. The first-order valence-corrected chi connectivity index (χ1v) is 9.09. The maximum absolute atomic E-state index is 6.11. The topological polar surface area (TPSA) is 34.0 Å². The molecule has 2 aromatic carbocycles. The maximum atomic E-state index is 6.11. The number of hydrogen-bond acceptors (Lipinski definition) is 4. The highest BCUT2D eigenvalue weighted by Gasteiger charge is 2.14. The number of aromatic nitrogens is 3. The van der Waals surface area contributed by atoms with E-state index in [4.69, 9.17) is 11.6 Å². The van der Waals surface area contributed by atoms with Gasteiger partial charge >= 0.3 is 0 Å². The predicted molar refractivity (Wildman–Crippen MR) is 107 cm³/mol. The number of nitrogens with zero attached hydrogens (tertiary/aromatic N) is 4. The molecule has 0 saturated heterocycles. The summed E-state index contributed by atoms with van der Waals surface area (Å²) in [5.41, 5.74) is 4.42. The first kappa shape index (κ1) is 16.1. The molecule has 0 spiro atoms. The number of aryl methyl sites for hydroxylation is 1. The van der Waals surface area contributed by atoms with E-state index in [1.165, 1.54) is 5.69 Å². The highest BCUT2D eigenvalue weighted by Crippen LogP contribution is 2.34. The Kier molecular flexibility index (Phi) is 3.98. The lowest BCUT2D eigenvalue weighted by Gasteiger charge is -2.11. The van der Waals surface area contributed by atoms with E-state index >= 15 is 0 Å². The Morgan fingerprint density at radius 3 is 2.40 bits per heavy atom. The molecule has 0 amide bonds. The Morgan fingerprint density at radius 1 is 0.960 bits per heavy atom. The van der Waals surface area contributed by atoms with Crippen molar-refractivity contribution in [3.05, 3.63) is 53.6 Å². The van der Waals surface area contributed by atoms with Gasteiger partial charge in [0.15, 0.2) is 5.01 Å². The van der Waals surface area contributed by atoms with Crippen molar-refractivity contribution in [1.29, 1.82) is 0 Å². The number of anilines is 1. The van der Waals surface area contributed by atoms with Crippen LogP contribution < -0.4 is 4.90 Å². The Balaban J connectivity index is 1.73. The molecule has 126 valence electrons. The third-order valence-electron chi connectivity index (χ3n) is 4.28. The molecule has 0 aliphatic carbocycles. The van der Waals surface area contributed by atoms with Gasteiger partial charge in [-0.2, -0.15) is 0 Å². The molecule has 25 heavy (non-hydrogen) atoms. The highest BCUT2D eigenvalue weighted by molar-refractivity contribution is 7.17.